The smallest absolute Gasteiger partial charge is 0.0276 e. The van der Waals surface area contributed by atoms with Gasteiger partial charge in [-0.25, -0.2) is 0 Å². The topological polar surface area (TPSA) is 0 Å². The predicted octanol–water partition coefficient (Wildman–Crippen LogP) is 9.16. The van der Waals surface area contributed by atoms with Crippen molar-refractivity contribution in [2.75, 3.05) is 0 Å². The summed E-state index contributed by atoms with van der Waals surface area (Å²) >= 11 is 0. The van der Waals surface area contributed by atoms with Crippen molar-refractivity contribution in [3.8, 4) is 0 Å². The predicted molar refractivity (Wildman–Crippen MR) is 129 cm³/mol. The molecule has 0 fully saturated rings. The lowest BCUT2D eigenvalue weighted by molar-refractivity contribution is 0.587. The first-order valence-electron chi connectivity index (χ1n) is 10.8. The molecular weight excluding hydrogens is 324 g/mol. The third-order valence-corrected chi connectivity index (χ3v) is 3.23. The molecule has 0 aromatic heterocycles. The van der Waals surface area contributed by atoms with E-state index in [-0.39, 0.29) is 0 Å². The van der Waals surface area contributed by atoms with Crippen molar-refractivity contribution in [3.05, 3.63) is 84.4 Å². The molecule has 0 unspecified atom stereocenters. The third kappa shape index (κ3) is 24.2. The molecular formula is C27H46. The summed E-state index contributed by atoms with van der Waals surface area (Å²) in [5, 5.41) is 0. The average molecular weight is 371 g/mol. The monoisotopic (exact) mass is 370 g/mol. The molecule has 154 valence electrons. The van der Waals surface area contributed by atoms with Crippen LogP contribution in [0.15, 0.2) is 73.3 Å². The average Bonchev–Trinajstić information content (AvgIpc) is 2.72. The molecule has 0 radical (unpaired) electrons. The lowest BCUT2D eigenvalue weighted by Gasteiger charge is -2.03. The van der Waals surface area contributed by atoms with Crippen molar-refractivity contribution in [1.82, 2.24) is 0 Å². The van der Waals surface area contributed by atoms with Crippen LogP contribution in [0.2, 0.25) is 0 Å². The van der Waals surface area contributed by atoms with Gasteiger partial charge in [-0.05, 0) is 43.2 Å². The van der Waals surface area contributed by atoms with E-state index in [0.717, 1.165) is 5.92 Å². The molecule has 0 spiro atoms. The summed E-state index contributed by atoms with van der Waals surface area (Å²) in [4.78, 5) is 0. The highest BCUT2D eigenvalue weighted by Gasteiger charge is 1.94. The lowest BCUT2D eigenvalue weighted by Crippen LogP contribution is -1.91. The van der Waals surface area contributed by atoms with Crippen molar-refractivity contribution in [2.45, 2.75) is 81.1 Å². The molecule has 2 aromatic rings. The molecule has 0 heteroatoms. The molecule has 0 aliphatic rings. The largest absolute Gasteiger partial charge is 0.103 e. The maximum absolute atomic E-state index is 3.36. The Morgan fingerprint density at radius 2 is 1.07 bits per heavy atom. The number of allylic oxidation sites excluding steroid dienone is 1. The van der Waals surface area contributed by atoms with Gasteiger partial charge in [0.15, 0.2) is 0 Å². The summed E-state index contributed by atoms with van der Waals surface area (Å²) < 4.78 is 0. The zero-order valence-corrected chi connectivity index (χ0v) is 19.5. The van der Waals surface area contributed by atoms with Gasteiger partial charge in [-0.2, -0.15) is 0 Å². The Bertz CT molecular complexity index is 468. The fourth-order valence-electron chi connectivity index (χ4n) is 2.03. The SMILES string of the molecule is C=CC.CC.CC.CC(C)CCc1ccccc1.CCCc1ccccc1. The van der Waals surface area contributed by atoms with Crippen molar-refractivity contribution < 1.29 is 0 Å². The standard InChI is InChI=1S/C11H16.C9H12.C3H6.2C2H6/c1-10(2)8-9-11-6-4-3-5-7-11;1-2-6-9-7-4-3-5-8-9;1-3-2;2*1-2/h3-7,10H,8-9H2,1-2H3;3-5,7-8H,2,6H2,1H3;3H,1H2,2H3;2*1-2H3. The summed E-state index contributed by atoms with van der Waals surface area (Å²) in [6.45, 7) is 20.0. The maximum atomic E-state index is 3.36. The fraction of sp³-hybridized carbons (Fsp3) is 0.481. The molecule has 0 atom stereocenters. The molecule has 0 nitrogen and oxygen atoms in total. The molecule has 0 N–H and O–H groups in total. The van der Waals surface area contributed by atoms with Crippen LogP contribution in [0, 0.1) is 5.92 Å². The summed E-state index contributed by atoms with van der Waals surface area (Å²) in [6, 6.07) is 21.2. The minimum Gasteiger partial charge on any atom is -0.103 e. The van der Waals surface area contributed by atoms with E-state index in [9.17, 15) is 0 Å². The molecule has 0 aliphatic carbocycles. The lowest BCUT2D eigenvalue weighted by atomic mass is 10.0. The first-order chi connectivity index (χ1) is 13.1. The maximum Gasteiger partial charge on any atom is -0.0276 e. The van der Waals surface area contributed by atoms with Gasteiger partial charge in [-0.1, -0.05) is 122 Å². The summed E-state index contributed by atoms with van der Waals surface area (Å²) in [5.74, 6) is 0.815. The minimum absolute atomic E-state index is 0.815. The Labute approximate surface area is 171 Å². The second-order valence-corrected chi connectivity index (χ2v) is 6.06. The summed E-state index contributed by atoms with van der Waals surface area (Å²) in [7, 11) is 0. The van der Waals surface area contributed by atoms with E-state index in [0.29, 0.717) is 0 Å². The van der Waals surface area contributed by atoms with E-state index in [1.54, 1.807) is 6.08 Å². The third-order valence-electron chi connectivity index (χ3n) is 3.23. The van der Waals surface area contributed by atoms with E-state index in [4.69, 9.17) is 0 Å². The van der Waals surface area contributed by atoms with Gasteiger partial charge in [-0.3, -0.25) is 0 Å². The Hall–Kier alpha value is -1.82. The van der Waals surface area contributed by atoms with Crippen molar-refractivity contribution in [3.63, 3.8) is 0 Å². The summed E-state index contributed by atoms with van der Waals surface area (Å²) in [6.07, 6.45) is 6.72. The van der Waals surface area contributed by atoms with E-state index in [1.165, 1.54) is 36.8 Å². The second kappa shape index (κ2) is 26.4. The Balaban J connectivity index is -0.000000324. The molecule has 0 bridgehead atoms. The van der Waals surface area contributed by atoms with Crippen LogP contribution in [0.5, 0.6) is 0 Å². The molecule has 0 amide bonds. The van der Waals surface area contributed by atoms with Crippen LogP contribution in [0.3, 0.4) is 0 Å². The van der Waals surface area contributed by atoms with Crippen LogP contribution in [0.25, 0.3) is 0 Å². The van der Waals surface area contributed by atoms with Crippen molar-refractivity contribution in [1.29, 1.82) is 0 Å². The number of hydrogen-bond acceptors (Lipinski definition) is 0. The Morgan fingerprint density at radius 1 is 0.741 bits per heavy atom. The van der Waals surface area contributed by atoms with Crippen molar-refractivity contribution >= 4 is 0 Å². The second-order valence-electron chi connectivity index (χ2n) is 6.06. The molecule has 2 aromatic carbocycles. The minimum atomic E-state index is 0.815. The van der Waals surface area contributed by atoms with Gasteiger partial charge >= 0.3 is 0 Å². The summed E-state index contributed by atoms with van der Waals surface area (Å²) in [5.41, 5.74) is 2.90. The number of benzene rings is 2. The highest BCUT2D eigenvalue weighted by atomic mass is 14.0. The fourth-order valence-corrected chi connectivity index (χ4v) is 2.03. The van der Waals surface area contributed by atoms with Crippen LogP contribution < -0.4 is 0 Å². The first kappa shape index (κ1) is 29.9. The highest BCUT2D eigenvalue weighted by Crippen LogP contribution is 2.07. The van der Waals surface area contributed by atoms with Crippen LogP contribution in [-0.2, 0) is 12.8 Å². The van der Waals surface area contributed by atoms with Gasteiger partial charge in [-0.15, -0.1) is 6.58 Å². The number of hydrogen-bond donors (Lipinski definition) is 0. The van der Waals surface area contributed by atoms with Gasteiger partial charge in [0.05, 0.1) is 0 Å². The Morgan fingerprint density at radius 3 is 1.37 bits per heavy atom. The van der Waals surface area contributed by atoms with Gasteiger partial charge in [0.25, 0.3) is 0 Å². The zero-order chi connectivity index (χ0) is 21.3. The quantitative estimate of drug-likeness (QED) is 0.460. The van der Waals surface area contributed by atoms with E-state index in [2.05, 4.69) is 88.0 Å². The van der Waals surface area contributed by atoms with Gasteiger partial charge in [0.1, 0.15) is 0 Å². The Kier molecular flexibility index (Phi) is 29.3. The van der Waals surface area contributed by atoms with Crippen LogP contribution >= 0.6 is 0 Å². The normalized spacial score (nSPS) is 8.33. The van der Waals surface area contributed by atoms with E-state index >= 15 is 0 Å². The van der Waals surface area contributed by atoms with Crippen LogP contribution in [0.1, 0.15) is 79.4 Å². The van der Waals surface area contributed by atoms with Crippen LogP contribution in [-0.4, -0.2) is 0 Å². The molecule has 0 saturated carbocycles. The molecule has 27 heavy (non-hydrogen) atoms. The van der Waals surface area contributed by atoms with Gasteiger partial charge in [0, 0.05) is 0 Å². The van der Waals surface area contributed by atoms with E-state index in [1.807, 2.05) is 34.6 Å². The van der Waals surface area contributed by atoms with Gasteiger partial charge < -0.3 is 0 Å². The van der Waals surface area contributed by atoms with Crippen LogP contribution in [0.4, 0.5) is 0 Å². The van der Waals surface area contributed by atoms with E-state index < -0.39 is 0 Å². The number of rotatable bonds is 5. The number of aryl methyl sites for hydroxylation is 2. The first-order valence-corrected chi connectivity index (χ1v) is 10.8. The van der Waals surface area contributed by atoms with Gasteiger partial charge in [0.2, 0.25) is 0 Å². The molecule has 0 heterocycles. The highest BCUT2D eigenvalue weighted by molar-refractivity contribution is 5.15. The molecule has 2 rings (SSSR count). The molecule has 0 saturated heterocycles. The van der Waals surface area contributed by atoms with Crippen molar-refractivity contribution in [2.24, 2.45) is 5.92 Å². The zero-order valence-electron chi connectivity index (χ0n) is 19.5. The molecule has 0 aliphatic heterocycles.